The zero-order chi connectivity index (χ0) is 24.9. The average molecular weight is 482 g/mol. The summed E-state index contributed by atoms with van der Waals surface area (Å²) in [6.07, 6.45) is -11.7. The summed E-state index contributed by atoms with van der Waals surface area (Å²) in [5, 5.41) is 89.8. The summed E-state index contributed by atoms with van der Waals surface area (Å²) in [5.41, 5.74) is -0.452. The first kappa shape index (κ1) is 23.8. The third-order valence-corrected chi connectivity index (χ3v) is 5.66. The molecular weight excluding hydrogens is 460 g/mol. The number of ketones is 1. The molecule has 4 rings (SSSR count). The van der Waals surface area contributed by atoms with Crippen molar-refractivity contribution in [3.05, 3.63) is 35.4 Å². The molecule has 34 heavy (non-hydrogen) atoms. The third-order valence-electron chi connectivity index (χ3n) is 5.66. The zero-order valence-corrected chi connectivity index (χ0v) is 17.2. The first-order valence-electron chi connectivity index (χ1n) is 10.0. The Morgan fingerprint density at radius 2 is 1.59 bits per heavy atom. The van der Waals surface area contributed by atoms with E-state index in [0.717, 1.165) is 18.2 Å². The first-order valence-corrected chi connectivity index (χ1v) is 10.0. The van der Waals surface area contributed by atoms with Gasteiger partial charge in [-0.3, -0.25) is 4.79 Å². The normalized spacial score (nSPS) is 31.0. The van der Waals surface area contributed by atoms with Gasteiger partial charge in [0.15, 0.2) is 35.2 Å². The molecule has 1 fully saturated rings. The Balaban J connectivity index is 1.67. The van der Waals surface area contributed by atoms with Gasteiger partial charge in [-0.15, -0.1) is 0 Å². The minimum atomic E-state index is -1.87. The highest BCUT2D eigenvalue weighted by Gasteiger charge is 2.46. The highest BCUT2D eigenvalue weighted by Crippen LogP contribution is 2.49. The first-order chi connectivity index (χ1) is 16.0. The fraction of sp³-hybridized carbons (Fsp3) is 0.381. The number of benzene rings is 2. The predicted molar refractivity (Wildman–Crippen MR) is 108 cm³/mol. The summed E-state index contributed by atoms with van der Waals surface area (Å²) in [5.74, 6) is -4.84. The van der Waals surface area contributed by atoms with Gasteiger partial charge in [-0.2, -0.15) is 0 Å². The molecule has 2 aliphatic rings. The lowest BCUT2D eigenvalue weighted by Gasteiger charge is -2.39. The lowest BCUT2D eigenvalue weighted by atomic mass is 9.92. The Morgan fingerprint density at radius 1 is 0.882 bits per heavy atom. The van der Waals surface area contributed by atoms with Crippen LogP contribution < -0.4 is 9.47 Å². The van der Waals surface area contributed by atoms with Gasteiger partial charge in [0.25, 0.3) is 0 Å². The van der Waals surface area contributed by atoms with Crippen molar-refractivity contribution in [2.24, 2.45) is 0 Å². The topological polar surface area (TPSA) is 227 Å². The Bertz CT molecular complexity index is 1100. The number of carbonyl (C=O) groups is 1. The number of ether oxygens (including phenoxy) is 3. The summed E-state index contributed by atoms with van der Waals surface area (Å²) < 4.78 is 16.0. The minimum Gasteiger partial charge on any atom is -0.504 e. The molecule has 1 unspecified atom stereocenters. The van der Waals surface area contributed by atoms with E-state index in [1.54, 1.807) is 0 Å². The molecular formula is C21H22O13. The third kappa shape index (κ3) is 3.83. The molecule has 13 heteroatoms. The Labute approximate surface area is 190 Å². The van der Waals surface area contributed by atoms with E-state index < -0.39 is 89.6 Å². The van der Waals surface area contributed by atoms with E-state index in [1.807, 2.05) is 0 Å². The summed E-state index contributed by atoms with van der Waals surface area (Å²) in [4.78, 5) is 12.9. The Kier molecular flexibility index (Phi) is 6.16. The van der Waals surface area contributed by atoms with Crippen molar-refractivity contribution in [3.63, 3.8) is 0 Å². The number of Topliss-reactive ketones (excluding diaryl/α,β-unsaturated/α-hetero) is 1. The minimum absolute atomic E-state index is 0.113. The molecule has 9 N–H and O–H groups in total. The molecule has 13 nitrogen and oxygen atoms in total. The number of carbonyl (C=O) groups excluding carboxylic acids is 1. The van der Waals surface area contributed by atoms with E-state index in [2.05, 4.69) is 0 Å². The van der Waals surface area contributed by atoms with Gasteiger partial charge in [0.05, 0.1) is 6.61 Å². The van der Waals surface area contributed by atoms with Crippen molar-refractivity contribution in [1.29, 1.82) is 0 Å². The van der Waals surface area contributed by atoms with E-state index in [9.17, 15) is 50.8 Å². The number of hydrogen-bond acceptors (Lipinski definition) is 13. The highest BCUT2D eigenvalue weighted by molar-refractivity contribution is 6.06. The number of phenolic OH excluding ortho intramolecular Hbond substituents is 4. The van der Waals surface area contributed by atoms with E-state index in [0.29, 0.717) is 0 Å². The summed E-state index contributed by atoms with van der Waals surface area (Å²) >= 11 is 0. The standard InChI is InChI=1S/C21H22O13/c22-5-11-13(26)16(29)18(31)21(33-11)34-20-9(25)4-10-12(15(20)28)14(27)17(30)19(32-10)6-1-2-7(23)8(24)3-6/h1-4,11,13,16-19,21-26,28-31H,5H2/t11-,13-,16+,17-,18-,19+,21?/m1/s1. The number of aliphatic hydroxyl groups is 5. The van der Waals surface area contributed by atoms with Gasteiger partial charge in [0.1, 0.15) is 35.7 Å². The van der Waals surface area contributed by atoms with Crippen molar-refractivity contribution >= 4 is 5.78 Å². The van der Waals surface area contributed by atoms with Crippen LogP contribution in [0.1, 0.15) is 22.0 Å². The largest absolute Gasteiger partial charge is 0.504 e. The summed E-state index contributed by atoms with van der Waals surface area (Å²) in [6.45, 7) is -0.750. The van der Waals surface area contributed by atoms with Crippen LogP contribution in [0.2, 0.25) is 0 Å². The molecule has 0 bridgehead atoms. The van der Waals surface area contributed by atoms with Gasteiger partial charge in [-0.1, -0.05) is 6.07 Å². The van der Waals surface area contributed by atoms with Gasteiger partial charge >= 0.3 is 0 Å². The van der Waals surface area contributed by atoms with Crippen molar-refractivity contribution in [2.75, 3.05) is 6.61 Å². The van der Waals surface area contributed by atoms with E-state index in [1.165, 1.54) is 6.07 Å². The molecule has 0 radical (unpaired) electrons. The number of fused-ring (bicyclic) bond motifs is 1. The van der Waals surface area contributed by atoms with Crippen molar-refractivity contribution in [3.8, 4) is 34.5 Å². The maximum absolute atomic E-state index is 12.9. The predicted octanol–water partition coefficient (Wildman–Crippen LogP) is -1.64. The fourth-order valence-corrected chi connectivity index (χ4v) is 3.80. The van der Waals surface area contributed by atoms with Crippen LogP contribution in [-0.2, 0) is 4.74 Å². The second-order valence-corrected chi connectivity index (χ2v) is 7.86. The van der Waals surface area contributed by atoms with Crippen LogP contribution in [0, 0.1) is 0 Å². The molecule has 0 aromatic heterocycles. The van der Waals surface area contributed by atoms with Gasteiger partial charge < -0.3 is 60.2 Å². The highest BCUT2D eigenvalue weighted by atomic mass is 16.7. The van der Waals surface area contributed by atoms with Crippen molar-refractivity contribution in [1.82, 2.24) is 0 Å². The molecule has 0 aliphatic carbocycles. The molecule has 0 saturated carbocycles. The average Bonchev–Trinajstić information content (AvgIpc) is 2.80. The van der Waals surface area contributed by atoms with Crippen LogP contribution in [0.25, 0.3) is 0 Å². The molecule has 0 spiro atoms. The van der Waals surface area contributed by atoms with Gasteiger partial charge in [-0.05, 0) is 17.7 Å². The summed E-state index contributed by atoms with van der Waals surface area (Å²) in [6, 6.07) is 4.37. The molecule has 0 amide bonds. The van der Waals surface area contributed by atoms with Crippen LogP contribution in [0.5, 0.6) is 34.5 Å². The van der Waals surface area contributed by atoms with E-state index in [4.69, 9.17) is 14.2 Å². The molecule has 1 saturated heterocycles. The molecule has 7 atom stereocenters. The van der Waals surface area contributed by atoms with Gasteiger partial charge in [0, 0.05) is 6.07 Å². The van der Waals surface area contributed by atoms with E-state index >= 15 is 0 Å². The van der Waals surface area contributed by atoms with Crippen molar-refractivity contribution < 1.29 is 65.0 Å². The molecule has 184 valence electrons. The molecule has 2 heterocycles. The van der Waals surface area contributed by atoms with E-state index in [-0.39, 0.29) is 11.3 Å². The smallest absolute Gasteiger partial charge is 0.229 e. The molecule has 2 aromatic rings. The SMILES string of the molecule is O=C1c2c(cc(O)c(OC3O[C@H](CO)[C@@H](O)[C@H](O)[C@H]3O)c2O)O[C@@H](c2ccc(O)c(O)c2)[C@@H]1O. The van der Waals surface area contributed by atoms with Crippen LogP contribution in [0.4, 0.5) is 0 Å². The number of hydrogen-bond donors (Lipinski definition) is 9. The maximum atomic E-state index is 12.9. The lowest BCUT2D eigenvalue weighted by molar-refractivity contribution is -0.277. The van der Waals surface area contributed by atoms with Crippen LogP contribution in [0.15, 0.2) is 24.3 Å². The number of rotatable bonds is 4. The molecule has 2 aromatic carbocycles. The quantitative estimate of drug-likeness (QED) is 0.223. The maximum Gasteiger partial charge on any atom is 0.229 e. The lowest BCUT2D eigenvalue weighted by Crippen LogP contribution is -2.60. The number of phenols is 4. The van der Waals surface area contributed by atoms with Gasteiger partial charge in [-0.25, -0.2) is 0 Å². The number of aromatic hydroxyl groups is 4. The second kappa shape index (κ2) is 8.79. The van der Waals surface area contributed by atoms with Crippen LogP contribution >= 0.6 is 0 Å². The van der Waals surface area contributed by atoms with Crippen molar-refractivity contribution in [2.45, 2.75) is 42.9 Å². The zero-order valence-electron chi connectivity index (χ0n) is 17.2. The van der Waals surface area contributed by atoms with Crippen LogP contribution in [0.3, 0.4) is 0 Å². The Hall–Kier alpha value is -3.33. The van der Waals surface area contributed by atoms with Crippen LogP contribution in [-0.4, -0.2) is 95.2 Å². The monoisotopic (exact) mass is 482 g/mol. The summed E-state index contributed by atoms with van der Waals surface area (Å²) in [7, 11) is 0. The molecule has 2 aliphatic heterocycles. The fourth-order valence-electron chi connectivity index (χ4n) is 3.80. The Morgan fingerprint density at radius 3 is 2.24 bits per heavy atom. The number of aliphatic hydroxyl groups excluding tert-OH is 5. The van der Waals surface area contributed by atoms with Gasteiger partial charge in [0.2, 0.25) is 17.8 Å². The second-order valence-electron chi connectivity index (χ2n) is 7.86.